The zero-order valence-electron chi connectivity index (χ0n) is 10.00. The highest BCUT2D eigenvalue weighted by Gasteiger charge is 2.22. The van der Waals surface area contributed by atoms with Gasteiger partial charge in [0.15, 0.2) is 0 Å². The highest BCUT2D eigenvalue weighted by atomic mass is 79.9. The van der Waals surface area contributed by atoms with E-state index in [0.717, 1.165) is 35.6 Å². The number of likely N-dealkylation sites (tertiary alicyclic amines) is 1. The summed E-state index contributed by atoms with van der Waals surface area (Å²) in [6.07, 6.45) is 1.09. The summed E-state index contributed by atoms with van der Waals surface area (Å²) in [5.74, 6) is 0.578. The molecule has 2 nitrogen and oxygen atoms in total. The van der Waals surface area contributed by atoms with Crippen LogP contribution in [-0.2, 0) is 6.54 Å². The van der Waals surface area contributed by atoms with Crippen LogP contribution >= 0.6 is 27.5 Å². The molecule has 1 heterocycles. The molecule has 4 heteroatoms. The van der Waals surface area contributed by atoms with E-state index in [0.29, 0.717) is 12.0 Å². The molecule has 1 fully saturated rings. The molecule has 0 aliphatic carbocycles. The molecular formula is C13H18BrClN2. The average molecular weight is 318 g/mol. The predicted octanol–water partition coefficient (Wildman–Crippen LogP) is 3.27. The average Bonchev–Trinajstić information content (AvgIpc) is 2.29. The lowest BCUT2D eigenvalue weighted by Crippen LogP contribution is -2.45. The van der Waals surface area contributed by atoms with Gasteiger partial charge in [0, 0.05) is 23.6 Å². The minimum Gasteiger partial charge on any atom is -0.327 e. The summed E-state index contributed by atoms with van der Waals surface area (Å²) in [4.78, 5) is 2.45. The van der Waals surface area contributed by atoms with Gasteiger partial charge in [0.2, 0.25) is 0 Å². The number of piperidine rings is 1. The maximum atomic E-state index is 6.10. The van der Waals surface area contributed by atoms with Crippen LogP contribution in [0.4, 0.5) is 0 Å². The van der Waals surface area contributed by atoms with Gasteiger partial charge in [0.1, 0.15) is 0 Å². The van der Waals surface area contributed by atoms with E-state index in [9.17, 15) is 0 Å². The van der Waals surface area contributed by atoms with Gasteiger partial charge in [-0.15, -0.1) is 0 Å². The first-order valence-corrected chi connectivity index (χ1v) is 7.15. The van der Waals surface area contributed by atoms with Crippen molar-refractivity contribution in [3.63, 3.8) is 0 Å². The van der Waals surface area contributed by atoms with Crippen LogP contribution in [0.1, 0.15) is 18.9 Å². The first-order valence-electron chi connectivity index (χ1n) is 5.98. The fraction of sp³-hybridized carbons (Fsp3) is 0.538. The van der Waals surface area contributed by atoms with E-state index in [-0.39, 0.29) is 0 Å². The number of benzene rings is 1. The molecule has 2 rings (SSSR count). The normalized spacial score (nSPS) is 26.1. The summed E-state index contributed by atoms with van der Waals surface area (Å²) in [6, 6.07) is 6.52. The molecule has 2 N–H and O–H groups in total. The number of nitrogens with two attached hydrogens (primary N) is 1. The van der Waals surface area contributed by atoms with Crippen molar-refractivity contribution in [2.75, 3.05) is 13.1 Å². The highest BCUT2D eigenvalue weighted by Crippen LogP contribution is 2.24. The Balaban J connectivity index is 1.99. The standard InChI is InChI=1S/C13H18BrClN2/c1-9-7-17(5-4-13(9)16)8-10-2-3-11(14)12(15)6-10/h2-3,6,9,13H,4-5,7-8,16H2,1H3. The van der Waals surface area contributed by atoms with E-state index in [4.69, 9.17) is 17.3 Å². The third-order valence-corrected chi connectivity index (χ3v) is 4.68. The summed E-state index contributed by atoms with van der Waals surface area (Å²) in [6.45, 7) is 5.35. The van der Waals surface area contributed by atoms with E-state index in [1.54, 1.807) is 0 Å². The minimum absolute atomic E-state index is 0.361. The van der Waals surface area contributed by atoms with E-state index < -0.39 is 0 Å². The zero-order valence-corrected chi connectivity index (χ0v) is 12.3. The molecule has 1 aliphatic heterocycles. The van der Waals surface area contributed by atoms with Gasteiger partial charge in [-0.3, -0.25) is 4.90 Å². The minimum atomic E-state index is 0.361. The number of nitrogens with zero attached hydrogens (tertiary/aromatic N) is 1. The molecule has 1 saturated heterocycles. The first-order chi connectivity index (χ1) is 8.06. The van der Waals surface area contributed by atoms with Crippen molar-refractivity contribution in [2.24, 2.45) is 11.7 Å². The molecule has 1 aromatic rings. The van der Waals surface area contributed by atoms with Gasteiger partial charge in [0.05, 0.1) is 5.02 Å². The summed E-state index contributed by atoms with van der Waals surface area (Å²) >= 11 is 9.51. The Morgan fingerprint density at radius 1 is 1.53 bits per heavy atom. The summed E-state index contributed by atoms with van der Waals surface area (Å²) in [5, 5.41) is 0.782. The van der Waals surface area contributed by atoms with E-state index >= 15 is 0 Å². The molecule has 0 saturated carbocycles. The van der Waals surface area contributed by atoms with E-state index in [1.807, 2.05) is 12.1 Å². The molecular weight excluding hydrogens is 300 g/mol. The van der Waals surface area contributed by atoms with Crippen molar-refractivity contribution in [3.8, 4) is 0 Å². The molecule has 2 unspecified atom stereocenters. The molecule has 2 atom stereocenters. The largest absolute Gasteiger partial charge is 0.327 e. The Morgan fingerprint density at radius 3 is 2.94 bits per heavy atom. The summed E-state index contributed by atoms with van der Waals surface area (Å²) in [7, 11) is 0. The van der Waals surface area contributed by atoms with Crippen LogP contribution in [0.3, 0.4) is 0 Å². The number of halogens is 2. The first kappa shape index (κ1) is 13.3. The van der Waals surface area contributed by atoms with Crippen LogP contribution in [-0.4, -0.2) is 24.0 Å². The van der Waals surface area contributed by atoms with Gasteiger partial charge in [-0.25, -0.2) is 0 Å². The van der Waals surface area contributed by atoms with E-state index in [1.165, 1.54) is 5.56 Å². The monoisotopic (exact) mass is 316 g/mol. The number of hydrogen-bond acceptors (Lipinski definition) is 2. The molecule has 0 aromatic heterocycles. The lowest BCUT2D eigenvalue weighted by atomic mass is 9.94. The van der Waals surface area contributed by atoms with Crippen molar-refractivity contribution in [1.29, 1.82) is 0 Å². The van der Waals surface area contributed by atoms with Crippen LogP contribution < -0.4 is 5.73 Å². The van der Waals surface area contributed by atoms with E-state index in [2.05, 4.69) is 33.8 Å². The van der Waals surface area contributed by atoms with Crippen molar-refractivity contribution in [1.82, 2.24) is 4.90 Å². The SMILES string of the molecule is CC1CN(Cc2ccc(Br)c(Cl)c2)CCC1N. The summed E-state index contributed by atoms with van der Waals surface area (Å²) < 4.78 is 0.956. The van der Waals surface area contributed by atoms with Gasteiger partial charge in [0.25, 0.3) is 0 Å². The lowest BCUT2D eigenvalue weighted by Gasteiger charge is -2.35. The number of rotatable bonds is 2. The molecule has 94 valence electrons. The third-order valence-electron chi connectivity index (χ3n) is 3.45. The fourth-order valence-corrected chi connectivity index (χ4v) is 2.74. The Labute approximate surface area is 116 Å². The van der Waals surface area contributed by atoms with Gasteiger partial charge in [-0.05, 0) is 52.5 Å². The van der Waals surface area contributed by atoms with Crippen LogP contribution in [0.15, 0.2) is 22.7 Å². The second kappa shape index (κ2) is 5.70. The Bertz CT molecular complexity index is 397. The molecule has 17 heavy (non-hydrogen) atoms. The Kier molecular flexibility index (Phi) is 4.47. The molecule has 0 radical (unpaired) electrons. The van der Waals surface area contributed by atoms with Crippen molar-refractivity contribution in [2.45, 2.75) is 25.9 Å². The number of hydrogen-bond donors (Lipinski definition) is 1. The Hall–Kier alpha value is -0.0900. The van der Waals surface area contributed by atoms with Crippen LogP contribution in [0, 0.1) is 5.92 Å². The van der Waals surface area contributed by atoms with Crippen molar-refractivity contribution < 1.29 is 0 Å². The molecule has 1 aliphatic rings. The fourth-order valence-electron chi connectivity index (χ4n) is 2.29. The second-order valence-electron chi connectivity index (χ2n) is 4.91. The Morgan fingerprint density at radius 2 is 2.29 bits per heavy atom. The van der Waals surface area contributed by atoms with Crippen molar-refractivity contribution in [3.05, 3.63) is 33.3 Å². The maximum Gasteiger partial charge on any atom is 0.0551 e. The zero-order chi connectivity index (χ0) is 12.4. The molecule has 0 bridgehead atoms. The van der Waals surface area contributed by atoms with Crippen molar-refractivity contribution >= 4 is 27.5 Å². The predicted molar refractivity (Wildman–Crippen MR) is 76.2 cm³/mol. The van der Waals surface area contributed by atoms with Crippen LogP contribution in [0.25, 0.3) is 0 Å². The lowest BCUT2D eigenvalue weighted by molar-refractivity contribution is 0.158. The molecule has 0 amide bonds. The van der Waals surface area contributed by atoms with Gasteiger partial charge >= 0.3 is 0 Å². The molecule has 1 aromatic carbocycles. The topological polar surface area (TPSA) is 29.3 Å². The van der Waals surface area contributed by atoms with Crippen LogP contribution in [0.2, 0.25) is 5.02 Å². The van der Waals surface area contributed by atoms with Gasteiger partial charge in [-0.2, -0.15) is 0 Å². The van der Waals surface area contributed by atoms with Gasteiger partial charge < -0.3 is 5.73 Å². The highest BCUT2D eigenvalue weighted by molar-refractivity contribution is 9.10. The van der Waals surface area contributed by atoms with Gasteiger partial charge in [-0.1, -0.05) is 24.6 Å². The summed E-state index contributed by atoms with van der Waals surface area (Å²) in [5.41, 5.74) is 7.29. The second-order valence-corrected chi connectivity index (χ2v) is 6.17. The molecule has 0 spiro atoms. The maximum absolute atomic E-state index is 6.10. The smallest absolute Gasteiger partial charge is 0.0551 e. The van der Waals surface area contributed by atoms with Crippen LogP contribution in [0.5, 0.6) is 0 Å². The quantitative estimate of drug-likeness (QED) is 0.907. The third kappa shape index (κ3) is 3.44.